The minimum Gasteiger partial charge on any atom is -0.506 e. The number of phenolic OH excluding ortho intramolecular Hbond substituents is 1. The van der Waals surface area contributed by atoms with E-state index in [2.05, 4.69) is 39.7 Å². The van der Waals surface area contributed by atoms with Crippen molar-refractivity contribution in [2.24, 2.45) is 5.10 Å². The van der Waals surface area contributed by atoms with E-state index in [4.69, 9.17) is 11.6 Å². The molecule has 5 rings (SSSR count). The topological polar surface area (TPSA) is 90.2 Å². The van der Waals surface area contributed by atoms with Crippen molar-refractivity contribution in [3.05, 3.63) is 101 Å². The number of piperazine rings is 1. The predicted octanol–water partition coefficient (Wildman–Crippen LogP) is 4.11. The molecule has 4 aromatic rings. The lowest BCUT2D eigenvalue weighted by Gasteiger charge is -2.35. The summed E-state index contributed by atoms with van der Waals surface area (Å²) in [5.74, 6) is -0.435. The van der Waals surface area contributed by atoms with E-state index in [0.717, 1.165) is 36.1 Å². The monoisotopic (exact) mass is 529 g/mol. The molecule has 0 bridgehead atoms. The van der Waals surface area contributed by atoms with Gasteiger partial charge in [0.1, 0.15) is 12.3 Å². The van der Waals surface area contributed by atoms with E-state index in [1.54, 1.807) is 6.21 Å². The fourth-order valence-electron chi connectivity index (χ4n) is 4.61. The fraction of sp³-hybridized carbons (Fsp3) is 0.207. The van der Waals surface area contributed by atoms with Crippen LogP contribution in [0.1, 0.15) is 21.5 Å². The second-order valence-corrected chi connectivity index (χ2v) is 9.64. The summed E-state index contributed by atoms with van der Waals surface area (Å²) in [5.41, 5.74) is 5.78. The number of carbonyl (C=O) groups excluding carboxylic acids is 2. The number of amides is 2. The molecule has 0 saturated carbocycles. The quantitative estimate of drug-likeness (QED) is 0.278. The van der Waals surface area contributed by atoms with E-state index in [0.29, 0.717) is 13.1 Å². The molecule has 0 spiro atoms. The number of phenols is 1. The third kappa shape index (κ3) is 5.88. The van der Waals surface area contributed by atoms with Crippen LogP contribution in [0.25, 0.3) is 10.9 Å². The highest BCUT2D eigenvalue weighted by atomic mass is 35.5. The molecule has 1 aliphatic rings. The maximum Gasteiger partial charge on any atom is 0.271 e. The van der Waals surface area contributed by atoms with Crippen molar-refractivity contribution in [3.8, 4) is 5.75 Å². The van der Waals surface area contributed by atoms with Gasteiger partial charge in [0.15, 0.2) is 0 Å². The lowest BCUT2D eigenvalue weighted by atomic mass is 10.1. The Labute approximate surface area is 225 Å². The average molecular weight is 530 g/mol. The molecule has 2 N–H and O–H groups in total. The van der Waals surface area contributed by atoms with Gasteiger partial charge in [-0.1, -0.05) is 54.1 Å². The summed E-state index contributed by atoms with van der Waals surface area (Å²) in [6, 6.07) is 22.3. The summed E-state index contributed by atoms with van der Waals surface area (Å²) < 4.78 is 1.95. The van der Waals surface area contributed by atoms with E-state index in [1.165, 1.54) is 23.8 Å². The Morgan fingerprint density at radius 2 is 1.76 bits per heavy atom. The van der Waals surface area contributed by atoms with Gasteiger partial charge in [0, 0.05) is 61.0 Å². The summed E-state index contributed by atoms with van der Waals surface area (Å²) in [5, 5.41) is 14.6. The van der Waals surface area contributed by atoms with E-state index >= 15 is 0 Å². The summed E-state index contributed by atoms with van der Waals surface area (Å²) in [6.45, 7) is 4.31. The van der Waals surface area contributed by atoms with Gasteiger partial charge < -0.3 is 14.6 Å². The fourth-order valence-corrected chi connectivity index (χ4v) is 4.79. The average Bonchev–Trinajstić information content (AvgIpc) is 3.34. The summed E-state index contributed by atoms with van der Waals surface area (Å²) >= 11 is 5.88. The number of hydrogen-bond donors (Lipinski definition) is 2. The number of halogens is 1. The Balaban J connectivity index is 1.19. The number of hydrazone groups is 1. The summed E-state index contributed by atoms with van der Waals surface area (Å²) in [6.07, 6.45) is 3.48. The molecule has 0 aliphatic carbocycles. The molecule has 1 fully saturated rings. The van der Waals surface area contributed by atoms with Gasteiger partial charge in [-0.3, -0.25) is 14.5 Å². The first kappa shape index (κ1) is 25.5. The van der Waals surface area contributed by atoms with Crippen LogP contribution >= 0.6 is 11.6 Å². The van der Waals surface area contributed by atoms with Crippen LogP contribution in [0.3, 0.4) is 0 Å². The zero-order valence-electron chi connectivity index (χ0n) is 20.8. The third-order valence-electron chi connectivity index (χ3n) is 6.71. The maximum absolute atomic E-state index is 13.1. The van der Waals surface area contributed by atoms with Gasteiger partial charge in [-0.2, -0.15) is 5.10 Å². The molecule has 38 heavy (non-hydrogen) atoms. The van der Waals surface area contributed by atoms with Crippen molar-refractivity contribution >= 4 is 40.5 Å². The number of aromatic hydroxyl groups is 1. The van der Waals surface area contributed by atoms with Gasteiger partial charge in [-0.25, -0.2) is 5.43 Å². The number of benzene rings is 3. The first-order valence-corrected chi connectivity index (χ1v) is 12.8. The number of carbonyl (C=O) groups is 2. The second kappa shape index (κ2) is 11.5. The van der Waals surface area contributed by atoms with E-state index in [9.17, 15) is 14.7 Å². The van der Waals surface area contributed by atoms with Crippen molar-refractivity contribution in [1.82, 2.24) is 19.8 Å². The maximum atomic E-state index is 13.1. The third-order valence-corrected chi connectivity index (χ3v) is 7.01. The molecule has 1 saturated heterocycles. The van der Waals surface area contributed by atoms with E-state index in [1.807, 2.05) is 46.0 Å². The highest BCUT2D eigenvalue weighted by Gasteiger charge is 2.21. The van der Waals surface area contributed by atoms with Crippen molar-refractivity contribution in [3.63, 3.8) is 0 Å². The Kier molecular flexibility index (Phi) is 7.72. The predicted molar refractivity (Wildman–Crippen MR) is 148 cm³/mol. The van der Waals surface area contributed by atoms with Crippen LogP contribution in [0, 0.1) is 0 Å². The molecule has 0 atom stereocenters. The number of nitrogens with zero attached hydrogens (tertiary/aromatic N) is 4. The largest absolute Gasteiger partial charge is 0.506 e. The van der Waals surface area contributed by atoms with Crippen LogP contribution in [0.2, 0.25) is 5.02 Å². The number of rotatable bonds is 7. The first-order valence-electron chi connectivity index (χ1n) is 12.4. The molecule has 9 heteroatoms. The van der Waals surface area contributed by atoms with Crippen molar-refractivity contribution in [2.75, 3.05) is 26.2 Å². The van der Waals surface area contributed by atoms with Gasteiger partial charge >= 0.3 is 0 Å². The Bertz CT molecular complexity index is 1480. The number of fused-ring (bicyclic) bond motifs is 1. The van der Waals surface area contributed by atoms with Crippen LogP contribution in [-0.4, -0.2) is 63.7 Å². The second-order valence-electron chi connectivity index (χ2n) is 9.23. The van der Waals surface area contributed by atoms with Crippen LogP contribution in [0.5, 0.6) is 5.75 Å². The Morgan fingerprint density at radius 3 is 2.53 bits per heavy atom. The SMILES string of the molecule is O=C(N/N=C/c1cccc2c1ccn2CC(=O)N1CCN(Cc2ccccc2)CC1)c1ccc(O)c(Cl)c1. The molecular weight excluding hydrogens is 502 g/mol. The van der Waals surface area contributed by atoms with Crippen LogP contribution in [0.4, 0.5) is 0 Å². The molecule has 2 heterocycles. The van der Waals surface area contributed by atoms with E-state index in [-0.39, 0.29) is 28.8 Å². The van der Waals surface area contributed by atoms with Crippen molar-refractivity contribution in [2.45, 2.75) is 13.1 Å². The Morgan fingerprint density at radius 1 is 0.974 bits per heavy atom. The zero-order chi connectivity index (χ0) is 26.5. The minimum absolute atomic E-state index is 0.0910. The lowest BCUT2D eigenvalue weighted by molar-refractivity contribution is -0.133. The Hall–Kier alpha value is -4.14. The van der Waals surface area contributed by atoms with Gasteiger partial charge in [0.25, 0.3) is 5.91 Å². The smallest absolute Gasteiger partial charge is 0.271 e. The number of hydrogen-bond acceptors (Lipinski definition) is 5. The molecular formula is C29H28ClN5O3. The molecule has 194 valence electrons. The van der Waals surface area contributed by atoms with Crippen molar-refractivity contribution in [1.29, 1.82) is 0 Å². The normalized spacial score (nSPS) is 14.3. The zero-order valence-corrected chi connectivity index (χ0v) is 21.5. The van der Waals surface area contributed by atoms with E-state index < -0.39 is 5.91 Å². The molecule has 1 aromatic heterocycles. The number of aromatic nitrogens is 1. The molecule has 0 unspecified atom stereocenters. The van der Waals surface area contributed by atoms with Gasteiger partial charge in [-0.05, 0) is 35.9 Å². The lowest BCUT2D eigenvalue weighted by Crippen LogP contribution is -2.49. The highest BCUT2D eigenvalue weighted by molar-refractivity contribution is 6.32. The minimum atomic E-state index is -0.442. The molecule has 3 aromatic carbocycles. The van der Waals surface area contributed by atoms with Gasteiger partial charge in [-0.15, -0.1) is 0 Å². The van der Waals surface area contributed by atoms with Crippen molar-refractivity contribution < 1.29 is 14.7 Å². The summed E-state index contributed by atoms with van der Waals surface area (Å²) in [4.78, 5) is 29.7. The standard InChI is InChI=1S/C29H28ClN5O3/c30-25-17-22(9-10-27(25)36)29(38)32-31-18-23-7-4-8-26-24(23)11-12-35(26)20-28(37)34-15-13-33(14-16-34)19-21-5-2-1-3-6-21/h1-12,17-18,36H,13-16,19-20H2,(H,32,38)/b31-18+. The van der Waals surface area contributed by atoms with Gasteiger partial charge in [0.2, 0.25) is 5.91 Å². The molecule has 2 amide bonds. The first-order chi connectivity index (χ1) is 18.5. The molecule has 1 aliphatic heterocycles. The highest BCUT2D eigenvalue weighted by Crippen LogP contribution is 2.23. The van der Waals surface area contributed by atoms with Gasteiger partial charge in [0.05, 0.1) is 11.2 Å². The number of nitrogens with one attached hydrogen (secondary N) is 1. The molecule has 0 radical (unpaired) electrons. The van der Waals surface area contributed by atoms with Crippen LogP contribution < -0.4 is 5.43 Å². The molecule has 8 nitrogen and oxygen atoms in total. The summed E-state index contributed by atoms with van der Waals surface area (Å²) in [7, 11) is 0. The van der Waals surface area contributed by atoms with Crippen LogP contribution in [0.15, 0.2) is 84.1 Å². The van der Waals surface area contributed by atoms with Crippen LogP contribution in [-0.2, 0) is 17.9 Å².